The number of hydrogen-bond acceptors (Lipinski definition) is 6. The van der Waals surface area contributed by atoms with Crippen LogP contribution in [-0.4, -0.2) is 58.9 Å². The third-order valence-corrected chi connectivity index (χ3v) is 3.87. The maximum Gasteiger partial charge on any atom is 0.329 e. The van der Waals surface area contributed by atoms with E-state index in [1.165, 1.54) is 0 Å². The molecule has 2 atom stereocenters. The Labute approximate surface area is 142 Å². The van der Waals surface area contributed by atoms with Gasteiger partial charge in [0.25, 0.3) is 11.5 Å². The Morgan fingerprint density at radius 1 is 1.40 bits per heavy atom. The number of nitrogens with zero attached hydrogens (tertiary/aromatic N) is 1. The second-order valence-electron chi connectivity index (χ2n) is 5.62. The van der Waals surface area contributed by atoms with E-state index in [0.717, 1.165) is 0 Å². The van der Waals surface area contributed by atoms with Gasteiger partial charge >= 0.3 is 5.97 Å². The van der Waals surface area contributed by atoms with Crippen LogP contribution in [0.5, 0.6) is 0 Å². The van der Waals surface area contributed by atoms with Gasteiger partial charge in [-0.25, -0.2) is 9.78 Å². The number of aromatic nitrogens is 2. The van der Waals surface area contributed by atoms with E-state index in [4.69, 9.17) is 14.6 Å². The average molecular weight is 347 g/mol. The Bertz CT molecular complexity index is 849. The minimum atomic E-state index is -1.10. The van der Waals surface area contributed by atoms with Crippen molar-refractivity contribution in [2.45, 2.75) is 18.6 Å². The highest BCUT2D eigenvalue weighted by atomic mass is 16.5. The number of nitrogens with one attached hydrogen (secondary N) is 2. The predicted molar refractivity (Wildman–Crippen MR) is 86.4 cm³/mol. The second-order valence-corrected chi connectivity index (χ2v) is 5.62. The third-order valence-electron chi connectivity index (χ3n) is 3.87. The minimum Gasteiger partial charge on any atom is -0.480 e. The van der Waals surface area contributed by atoms with Gasteiger partial charge in [-0.05, 0) is 18.6 Å². The molecule has 25 heavy (non-hydrogen) atoms. The van der Waals surface area contributed by atoms with Crippen LogP contribution in [-0.2, 0) is 14.3 Å². The maximum atomic E-state index is 12.4. The Morgan fingerprint density at radius 2 is 2.20 bits per heavy atom. The fraction of sp³-hybridized carbons (Fsp3) is 0.375. The molecule has 0 unspecified atom stereocenters. The van der Waals surface area contributed by atoms with Gasteiger partial charge in [-0.3, -0.25) is 9.59 Å². The minimum absolute atomic E-state index is 0.104. The number of carbonyl (C=O) groups excluding carboxylic acids is 1. The first-order valence-corrected chi connectivity index (χ1v) is 7.75. The summed E-state index contributed by atoms with van der Waals surface area (Å²) in [7, 11) is 0. The lowest BCUT2D eigenvalue weighted by atomic mass is 10.1. The third kappa shape index (κ3) is 4.01. The highest BCUT2D eigenvalue weighted by Crippen LogP contribution is 2.12. The van der Waals surface area contributed by atoms with Crippen molar-refractivity contribution < 1.29 is 24.2 Å². The van der Waals surface area contributed by atoms with Crippen LogP contribution in [0, 0.1) is 0 Å². The number of H-pyrrole nitrogens is 1. The zero-order valence-electron chi connectivity index (χ0n) is 13.2. The van der Waals surface area contributed by atoms with Crippen molar-refractivity contribution in [3.63, 3.8) is 0 Å². The number of amides is 1. The van der Waals surface area contributed by atoms with E-state index < -0.39 is 36.2 Å². The number of carbonyl (C=O) groups is 2. The lowest BCUT2D eigenvalue weighted by Gasteiger charge is -2.31. The molecule has 1 saturated heterocycles. The largest absolute Gasteiger partial charge is 0.480 e. The normalized spacial score (nSPS) is 20.3. The molecule has 0 bridgehead atoms. The van der Waals surface area contributed by atoms with Crippen molar-refractivity contribution in [2.75, 3.05) is 19.8 Å². The number of fused-ring (bicyclic) bond motifs is 1. The molecule has 1 fully saturated rings. The average Bonchev–Trinajstić information content (AvgIpc) is 2.61. The van der Waals surface area contributed by atoms with Gasteiger partial charge < -0.3 is 24.9 Å². The van der Waals surface area contributed by atoms with Crippen LogP contribution in [0.4, 0.5) is 0 Å². The van der Waals surface area contributed by atoms with E-state index in [2.05, 4.69) is 15.3 Å². The highest BCUT2D eigenvalue weighted by Gasteiger charge is 2.29. The van der Waals surface area contributed by atoms with Crippen molar-refractivity contribution in [1.29, 1.82) is 0 Å². The van der Waals surface area contributed by atoms with Crippen LogP contribution >= 0.6 is 0 Å². The first-order chi connectivity index (χ1) is 12.0. The fourth-order valence-electron chi connectivity index (χ4n) is 2.65. The number of para-hydroxylation sites is 1. The molecule has 9 heteroatoms. The van der Waals surface area contributed by atoms with Gasteiger partial charge in [-0.2, -0.15) is 0 Å². The Balaban J connectivity index is 1.76. The number of carboxylic acids is 1. The lowest BCUT2D eigenvalue weighted by Crippen LogP contribution is -2.50. The zero-order valence-corrected chi connectivity index (χ0v) is 13.2. The van der Waals surface area contributed by atoms with E-state index >= 15 is 0 Å². The zero-order chi connectivity index (χ0) is 17.8. The van der Waals surface area contributed by atoms with E-state index in [0.29, 0.717) is 23.9 Å². The standard InChI is InChI=1S/C16H17N3O6/c20-13(21)8-25-12-7-24-6-5-11(12)18-16(23)14-17-10-4-2-1-3-9(10)15(22)19-14/h1-4,11-12H,5-8H2,(H,18,23)(H,20,21)(H,17,19,22)/t11-,12-/m1/s1. The molecule has 9 nitrogen and oxygen atoms in total. The summed E-state index contributed by atoms with van der Waals surface area (Å²) in [6.45, 7) is 0.116. The molecule has 1 aliphatic rings. The molecule has 3 N–H and O–H groups in total. The van der Waals surface area contributed by atoms with Crippen molar-refractivity contribution in [3.8, 4) is 0 Å². The van der Waals surface area contributed by atoms with Crippen molar-refractivity contribution >= 4 is 22.8 Å². The molecule has 132 valence electrons. The first kappa shape index (κ1) is 17.1. The second kappa shape index (κ2) is 7.41. The fourth-order valence-corrected chi connectivity index (χ4v) is 2.65. The van der Waals surface area contributed by atoms with Crippen LogP contribution in [0.25, 0.3) is 10.9 Å². The molecular weight excluding hydrogens is 330 g/mol. The van der Waals surface area contributed by atoms with Gasteiger partial charge in [-0.1, -0.05) is 12.1 Å². The van der Waals surface area contributed by atoms with Gasteiger partial charge in [0.1, 0.15) is 12.7 Å². The van der Waals surface area contributed by atoms with Crippen LogP contribution in [0.2, 0.25) is 0 Å². The number of hydrogen-bond donors (Lipinski definition) is 3. The molecule has 1 aliphatic heterocycles. The summed E-state index contributed by atoms with van der Waals surface area (Å²) in [6.07, 6.45) is -0.116. The van der Waals surface area contributed by atoms with Crippen LogP contribution in [0.15, 0.2) is 29.1 Å². The number of benzene rings is 1. The van der Waals surface area contributed by atoms with E-state index in [-0.39, 0.29) is 12.4 Å². The molecule has 0 spiro atoms. The van der Waals surface area contributed by atoms with Gasteiger partial charge in [-0.15, -0.1) is 0 Å². The van der Waals surface area contributed by atoms with Crippen molar-refractivity contribution in [1.82, 2.24) is 15.3 Å². The predicted octanol–water partition coefficient (Wildman–Crippen LogP) is -0.0884. The van der Waals surface area contributed by atoms with Crippen LogP contribution in [0.1, 0.15) is 17.0 Å². The molecule has 3 rings (SSSR count). The quantitative estimate of drug-likeness (QED) is 0.689. The molecule has 2 heterocycles. The van der Waals surface area contributed by atoms with Crippen molar-refractivity contribution in [2.24, 2.45) is 0 Å². The monoisotopic (exact) mass is 347 g/mol. The summed E-state index contributed by atoms with van der Waals surface area (Å²) in [5.74, 6) is -1.76. The number of rotatable bonds is 5. The molecule has 0 radical (unpaired) electrons. The Kier molecular flexibility index (Phi) is 5.05. The summed E-state index contributed by atoms with van der Waals surface area (Å²) >= 11 is 0. The van der Waals surface area contributed by atoms with Gasteiger partial charge in [0.15, 0.2) is 5.82 Å². The van der Waals surface area contributed by atoms with Crippen LogP contribution in [0.3, 0.4) is 0 Å². The number of ether oxygens (including phenoxy) is 2. The van der Waals surface area contributed by atoms with Gasteiger partial charge in [0.2, 0.25) is 0 Å². The van der Waals surface area contributed by atoms with Crippen molar-refractivity contribution in [3.05, 3.63) is 40.4 Å². The molecule has 1 amide bonds. The highest BCUT2D eigenvalue weighted by molar-refractivity contribution is 5.92. The summed E-state index contributed by atoms with van der Waals surface area (Å²) in [4.78, 5) is 41.8. The summed E-state index contributed by atoms with van der Waals surface area (Å²) in [6, 6.07) is 6.28. The summed E-state index contributed by atoms with van der Waals surface area (Å²) < 4.78 is 10.5. The van der Waals surface area contributed by atoms with Gasteiger partial charge in [0, 0.05) is 6.61 Å². The van der Waals surface area contributed by atoms with E-state index in [1.54, 1.807) is 24.3 Å². The topological polar surface area (TPSA) is 131 Å². The number of aromatic amines is 1. The molecule has 1 aromatic carbocycles. The maximum absolute atomic E-state index is 12.4. The molecular formula is C16H17N3O6. The molecule has 0 aliphatic carbocycles. The van der Waals surface area contributed by atoms with Gasteiger partial charge in [0.05, 0.1) is 23.6 Å². The number of carboxylic acid groups (broad SMARTS) is 1. The lowest BCUT2D eigenvalue weighted by molar-refractivity contribution is -0.148. The first-order valence-electron chi connectivity index (χ1n) is 7.75. The SMILES string of the molecule is O=C(O)CO[C@@H]1COCC[C@H]1NC(=O)c1nc2ccccc2c(=O)[nH]1. The summed E-state index contributed by atoms with van der Waals surface area (Å²) in [5, 5.41) is 11.8. The molecule has 0 saturated carbocycles. The smallest absolute Gasteiger partial charge is 0.329 e. The number of aliphatic carboxylic acids is 1. The Hall–Kier alpha value is -2.78. The summed E-state index contributed by atoms with van der Waals surface area (Å²) in [5.41, 5.74) is 0.0171. The molecule has 1 aromatic heterocycles. The van der Waals surface area contributed by atoms with E-state index in [9.17, 15) is 14.4 Å². The van der Waals surface area contributed by atoms with Crippen LogP contribution < -0.4 is 10.9 Å². The van der Waals surface area contributed by atoms with E-state index in [1.807, 2.05) is 0 Å². The molecule has 2 aromatic rings. The Morgan fingerprint density at radius 3 is 3.00 bits per heavy atom.